The summed E-state index contributed by atoms with van der Waals surface area (Å²) in [6, 6.07) is 7.80. The maximum absolute atomic E-state index is 12.6. The van der Waals surface area contributed by atoms with Gasteiger partial charge in [-0.25, -0.2) is 0 Å². The molecule has 3 nitrogen and oxygen atoms in total. The molecular weight excluding hydrogens is 333 g/mol. The van der Waals surface area contributed by atoms with Gasteiger partial charge in [-0.3, -0.25) is 4.79 Å². The number of hydrogen-bond donors (Lipinski definition) is 1. The molecule has 1 aromatic carbocycles. The molecule has 1 aromatic heterocycles. The number of nitrogens with zero attached hydrogens (tertiary/aromatic N) is 1. The van der Waals surface area contributed by atoms with Gasteiger partial charge in [-0.2, -0.15) is 18.4 Å². The van der Waals surface area contributed by atoms with Crippen LogP contribution in [0.4, 0.5) is 18.9 Å². The zero-order valence-electron chi connectivity index (χ0n) is 11.2. The van der Waals surface area contributed by atoms with Crippen LogP contribution in [0.3, 0.4) is 0 Å². The van der Waals surface area contributed by atoms with Crippen molar-refractivity contribution in [1.29, 1.82) is 5.26 Å². The number of benzene rings is 1. The van der Waals surface area contributed by atoms with Crippen molar-refractivity contribution in [3.63, 3.8) is 0 Å². The van der Waals surface area contributed by atoms with Crippen molar-refractivity contribution in [3.8, 4) is 6.07 Å². The van der Waals surface area contributed by atoms with E-state index >= 15 is 0 Å². The summed E-state index contributed by atoms with van der Waals surface area (Å²) >= 11 is 2.46. The molecule has 8 heteroatoms. The number of thioether (sulfide) groups is 1. The molecule has 1 amide bonds. The summed E-state index contributed by atoms with van der Waals surface area (Å²) in [4.78, 5) is 12.3. The van der Waals surface area contributed by atoms with Gasteiger partial charge < -0.3 is 5.32 Å². The summed E-state index contributed by atoms with van der Waals surface area (Å²) < 4.78 is 38.6. The zero-order valence-corrected chi connectivity index (χ0v) is 12.8. The molecule has 1 N–H and O–H groups in total. The van der Waals surface area contributed by atoms with Gasteiger partial charge in [0.2, 0.25) is 0 Å². The molecule has 0 spiro atoms. The Hall–Kier alpha value is -1.98. The number of carbonyl (C=O) groups is 1. The third-order valence-corrected chi connectivity index (χ3v) is 4.94. The van der Waals surface area contributed by atoms with Gasteiger partial charge >= 0.3 is 6.18 Å². The molecule has 2 rings (SSSR count). The Balaban J connectivity index is 2.23. The average molecular weight is 342 g/mol. The van der Waals surface area contributed by atoms with Crippen molar-refractivity contribution in [1.82, 2.24) is 0 Å². The van der Waals surface area contributed by atoms with Crippen molar-refractivity contribution in [2.45, 2.75) is 10.4 Å². The van der Waals surface area contributed by atoms with Crippen LogP contribution >= 0.6 is 23.1 Å². The smallest absolute Gasteiger partial charge is 0.321 e. The summed E-state index contributed by atoms with van der Waals surface area (Å²) in [7, 11) is 0. The fraction of sp³-hybridized carbons (Fsp3) is 0.143. The zero-order chi connectivity index (χ0) is 16.3. The lowest BCUT2D eigenvalue weighted by Crippen LogP contribution is -2.11. The molecule has 22 heavy (non-hydrogen) atoms. The second kappa shape index (κ2) is 6.42. The molecule has 114 valence electrons. The van der Waals surface area contributed by atoms with E-state index in [2.05, 4.69) is 5.32 Å². The molecule has 0 saturated carbocycles. The van der Waals surface area contributed by atoms with Crippen molar-refractivity contribution in [2.75, 3.05) is 11.6 Å². The highest BCUT2D eigenvalue weighted by Crippen LogP contribution is 2.32. The fourth-order valence-electron chi connectivity index (χ4n) is 1.68. The topological polar surface area (TPSA) is 52.9 Å². The second-order valence-corrected chi connectivity index (χ2v) is 6.29. The monoisotopic (exact) mass is 342 g/mol. The summed E-state index contributed by atoms with van der Waals surface area (Å²) in [5, 5.41) is 11.4. The van der Waals surface area contributed by atoms with Crippen LogP contribution in [0.25, 0.3) is 0 Å². The van der Waals surface area contributed by atoms with Gasteiger partial charge in [0.25, 0.3) is 5.91 Å². The van der Waals surface area contributed by atoms with Crippen LogP contribution in [0.15, 0.2) is 34.5 Å². The van der Waals surface area contributed by atoms with Crippen LogP contribution in [0, 0.1) is 11.3 Å². The van der Waals surface area contributed by atoms with Crippen LogP contribution < -0.4 is 5.32 Å². The maximum atomic E-state index is 12.6. The Labute approximate surface area is 132 Å². The summed E-state index contributed by atoms with van der Waals surface area (Å²) in [5.74, 6) is -0.541. The molecule has 0 aliphatic carbocycles. The Morgan fingerprint density at radius 1 is 1.36 bits per heavy atom. The van der Waals surface area contributed by atoms with E-state index in [9.17, 15) is 18.0 Å². The van der Waals surface area contributed by atoms with E-state index in [4.69, 9.17) is 5.26 Å². The number of rotatable bonds is 3. The minimum Gasteiger partial charge on any atom is -0.321 e. The fourth-order valence-corrected chi connectivity index (χ4v) is 3.34. The number of alkyl halides is 3. The predicted molar refractivity (Wildman–Crippen MR) is 80.2 cm³/mol. The van der Waals surface area contributed by atoms with E-state index in [1.807, 2.05) is 6.07 Å². The van der Waals surface area contributed by atoms with Crippen molar-refractivity contribution >= 4 is 34.7 Å². The Morgan fingerprint density at radius 3 is 2.64 bits per heavy atom. The van der Waals surface area contributed by atoms with Crippen LogP contribution in [0.1, 0.15) is 20.8 Å². The maximum Gasteiger partial charge on any atom is 0.416 e. The quantitative estimate of drug-likeness (QED) is 0.829. The number of amides is 1. The minimum absolute atomic E-state index is 0.0532. The molecule has 0 aliphatic rings. The van der Waals surface area contributed by atoms with E-state index < -0.39 is 17.6 Å². The summed E-state index contributed by atoms with van der Waals surface area (Å²) in [5.41, 5.74) is -0.400. The highest BCUT2D eigenvalue weighted by Gasteiger charge is 2.30. The summed E-state index contributed by atoms with van der Waals surface area (Å²) in [6.07, 6.45) is -2.69. The normalized spacial score (nSPS) is 11.0. The molecule has 1 heterocycles. The van der Waals surface area contributed by atoms with E-state index in [1.54, 1.807) is 6.26 Å². The molecule has 0 bridgehead atoms. The molecule has 0 fully saturated rings. The first-order valence-electron chi connectivity index (χ1n) is 5.91. The van der Waals surface area contributed by atoms with E-state index in [0.717, 1.165) is 23.5 Å². The van der Waals surface area contributed by atoms with Crippen molar-refractivity contribution in [2.24, 2.45) is 0 Å². The van der Waals surface area contributed by atoms with Gasteiger partial charge in [0.1, 0.15) is 6.07 Å². The largest absolute Gasteiger partial charge is 0.416 e. The first-order valence-corrected chi connectivity index (χ1v) is 7.96. The van der Waals surface area contributed by atoms with Crippen LogP contribution in [-0.4, -0.2) is 12.2 Å². The number of hydrogen-bond acceptors (Lipinski definition) is 4. The molecular formula is C14H9F3N2OS2. The molecule has 2 aromatic rings. The predicted octanol–water partition coefficient (Wildman–Crippen LogP) is 4.61. The van der Waals surface area contributed by atoms with Gasteiger partial charge in [-0.1, -0.05) is 6.07 Å². The Bertz CT molecular complexity index is 747. The second-order valence-electron chi connectivity index (χ2n) is 4.16. The summed E-state index contributed by atoms with van der Waals surface area (Å²) in [6.45, 7) is 0. The van der Waals surface area contributed by atoms with E-state index in [-0.39, 0.29) is 10.6 Å². The third kappa shape index (κ3) is 3.61. The average Bonchev–Trinajstić information content (AvgIpc) is 2.90. The standard InChI is InChI=1S/C14H9F3N2OS2/c1-21-13-8(7-18)5-11(22-13)12(20)19-10-4-2-3-9(6-10)14(15,16)17/h2-6H,1H3,(H,19,20). The highest BCUT2D eigenvalue weighted by atomic mass is 32.2. The number of nitriles is 1. The van der Waals surface area contributed by atoms with Crippen molar-refractivity contribution < 1.29 is 18.0 Å². The Kier molecular flexibility index (Phi) is 4.78. The number of nitrogens with one attached hydrogen (secondary N) is 1. The first-order chi connectivity index (χ1) is 10.3. The number of carbonyl (C=O) groups excluding carboxylic acids is 1. The molecule has 0 unspecified atom stereocenters. The lowest BCUT2D eigenvalue weighted by molar-refractivity contribution is -0.137. The van der Waals surface area contributed by atoms with Crippen LogP contribution in [0.2, 0.25) is 0 Å². The van der Waals surface area contributed by atoms with Gasteiger partial charge in [0.15, 0.2) is 0 Å². The minimum atomic E-state index is -4.47. The Morgan fingerprint density at radius 2 is 2.09 bits per heavy atom. The molecule has 0 atom stereocenters. The first kappa shape index (κ1) is 16.4. The van der Waals surface area contributed by atoms with Crippen molar-refractivity contribution in [3.05, 3.63) is 46.3 Å². The highest BCUT2D eigenvalue weighted by molar-refractivity contribution is 8.00. The third-order valence-electron chi connectivity index (χ3n) is 2.68. The molecule has 0 radical (unpaired) electrons. The number of halogens is 3. The van der Waals surface area contributed by atoms with Gasteiger partial charge in [0.05, 0.1) is 20.2 Å². The number of anilines is 1. The lowest BCUT2D eigenvalue weighted by Gasteiger charge is -2.09. The van der Waals surface area contributed by atoms with Gasteiger partial charge in [0, 0.05) is 5.69 Å². The SMILES string of the molecule is CSc1sc(C(=O)Nc2cccc(C(F)(F)F)c2)cc1C#N. The van der Waals surface area contributed by atoms with Gasteiger partial charge in [-0.15, -0.1) is 23.1 Å². The van der Waals surface area contributed by atoms with Crippen LogP contribution in [-0.2, 0) is 6.18 Å². The molecule has 0 saturated heterocycles. The van der Waals surface area contributed by atoms with E-state index in [1.165, 1.54) is 30.0 Å². The van der Waals surface area contributed by atoms with Crippen LogP contribution in [0.5, 0.6) is 0 Å². The lowest BCUT2D eigenvalue weighted by atomic mass is 10.2. The van der Waals surface area contributed by atoms with Gasteiger partial charge in [-0.05, 0) is 30.5 Å². The number of thiophene rings is 1. The molecule has 0 aliphatic heterocycles. The van der Waals surface area contributed by atoms with E-state index in [0.29, 0.717) is 9.77 Å².